The summed E-state index contributed by atoms with van der Waals surface area (Å²) in [5.74, 6) is 0.0937. The van der Waals surface area contributed by atoms with Gasteiger partial charge < -0.3 is 14.2 Å². The van der Waals surface area contributed by atoms with E-state index in [4.69, 9.17) is 25.8 Å². The van der Waals surface area contributed by atoms with Crippen molar-refractivity contribution in [2.75, 3.05) is 27.4 Å². The molecule has 0 N–H and O–H groups in total. The van der Waals surface area contributed by atoms with Gasteiger partial charge in [-0.1, -0.05) is 17.7 Å². The van der Waals surface area contributed by atoms with Crippen LogP contribution in [-0.4, -0.2) is 50.2 Å². The quantitative estimate of drug-likeness (QED) is 0.522. The number of hydrogen-bond donors (Lipinski definition) is 0. The Hall–Kier alpha value is -2.05. The highest BCUT2D eigenvalue weighted by Crippen LogP contribution is 2.36. The Labute approximate surface area is 152 Å². The van der Waals surface area contributed by atoms with Crippen LogP contribution in [0.3, 0.4) is 0 Å². The van der Waals surface area contributed by atoms with E-state index >= 15 is 0 Å². The number of amides is 2. The summed E-state index contributed by atoms with van der Waals surface area (Å²) >= 11 is 6.15. The smallest absolute Gasteiger partial charge is 0.273 e. The van der Waals surface area contributed by atoms with Gasteiger partial charge in [-0.15, -0.1) is 0 Å². The largest absolute Gasteiger partial charge is 0.493 e. The summed E-state index contributed by atoms with van der Waals surface area (Å²) < 4.78 is 15.9. The second-order valence-corrected chi connectivity index (χ2v) is 6.17. The summed E-state index contributed by atoms with van der Waals surface area (Å²) in [7, 11) is 3.02. The summed E-state index contributed by atoms with van der Waals surface area (Å²) in [6.45, 7) is 4.59. The van der Waals surface area contributed by atoms with Crippen LogP contribution in [-0.2, 0) is 14.3 Å². The van der Waals surface area contributed by atoms with Crippen LogP contribution in [0.2, 0.25) is 0 Å². The van der Waals surface area contributed by atoms with Crippen LogP contribution < -0.4 is 9.47 Å². The zero-order chi connectivity index (χ0) is 18.6. The molecule has 0 bridgehead atoms. The molecule has 2 rings (SSSR count). The van der Waals surface area contributed by atoms with Gasteiger partial charge in [-0.3, -0.25) is 14.5 Å². The molecular weight excluding hydrogens is 346 g/mol. The monoisotopic (exact) mass is 367 g/mol. The SMILES string of the molecule is COc1ccc(C2=C(Cl)C(=O)N(CCCOC(C)C)C2=O)cc1OC. The molecule has 0 fully saturated rings. The van der Waals surface area contributed by atoms with Crippen LogP contribution in [0.25, 0.3) is 5.57 Å². The van der Waals surface area contributed by atoms with Crippen molar-refractivity contribution in [1.29, 1.82) is 0 Å². The topological polar surface area (TPSA) is 65.1 Å². The normalized spacial score (nSPS) is 14.7. The fraction of sp³-hybridized carbons (Fsp3) is 0.444. The molecule has 1 heterocycles. The second kappa shape index (κ2) is 8.36. The van der Waals surface area contributed by atoms with E-state index in [1.54, 1.807) is 18.2 Å². The first-order valence-corrected chi connectivity index (χ1v) is 8.38. The molecule has 1 aromatic carbocycles. The number of carbonyl (C=O) groups excluding carboxylic acids is 2. The lowest BCUT2D eigenvalue weighted by Crippen LogP contribution is -2.33. The van der Waals surface area contributed by atoms with Crippen LogP contribution >= 0.6 is 11.6 Å². The molecule has 0 aromatic heterocycles. The fourth-order valence-corrected chi connectivity index (χ4v) is 2.83. The first kappa shape index (κ1) is 19.3. The molecule has 0 saturated carbocycles. The molecule has 0 atom stereocenters. The summed E-state index contributed by atoms with van der Waals surface area (Å²) in [6, 6.07) is 4.98. The third-order valence-corrected chi connectivity index (χ3v) is 4.11. The lowest BCUT2D eigenvalue weighted by atomic mass is 10.1. The minimum absolute atomic E-state index is 0.0815. The Morgan fingerprint density at radius 1 is 1.08 bits per heavy atom. The Balaban J connectivity index is 2.19. The predicted molar refractivity (Wildman–Crippen MR) is 94.7 cm³/mol. The van der Waals surface area contributed by atoms with Crippen molar-refractivity contribution in [3.8, 4) is 11.5 Å². The summed E-state index contributed by atoms with van der Waals surface area (Å²) in [4.78, 5) is 26.1. The molecule has 1 aliphatic heterocycles. The van der Waals surface area contributed by atoms with Gasteiger partial charge in [0.05, 0.1) is 25.9 Å². The Morgan fingerprint density at radius 2 is 1.76 bits per heavy atom. The number of halogens is 1. The average molecular weight is 368 g/mol. The molecule has 25 heavy (non-hydrogen) atoms. The number of benzene rings is 1. The standard InChI is InChI=1S/C18H22ClNO5/c1-11(2)25-9-5-8-20-17(21)15(16(19)18(20)22)12-6-7-13(23-3)14(10-12)24-4/h6-7,10-11H,5,8-9H2,1-4H3. The van der Waals surface area contributed by atoms with Gasteiger partial charge in [0.25, 0.3) is 11.8 Å². The Bertz CT molecular complexity index is 699. The third-order valence-electron chi connectivity index (χ3n) is 3.76. The zero-order valence-electron chi connectivity index (χ0n) is 14.8. The first-order valence-electron chi connectivity index (χ1n) is 8.00. The molecule has 1 aromatic rings. The van der Waals surface area contributed by atoms with E-state index in [1.807, 2.05) is 13.8 Å². The van der Waals surface area contributed by atoms with Crippen LogP contribution in [0.15, 0.2) is 23.2 Å². The van der Waals surface area contributed by atoms with E-state index in [-0.39, 0.29) is 23.3 Å². The van der Waals surface area contributed by atoms with Crippen LogP contribution in [0.4, 0.5) is 0 Å². The van der Waals surface area contributed by atoms with Gasteiger partial charge in [-0.05, 0) is 38.0 Å². The highest BCUT2D eigenvalue weighted by Gasteiger charge is 2.38. The maximum atomic E-state index is 12.7. The highest BCUT2D eigenvalue weighted by atomic mass is 35.5. The van der Waals surface area contributed by atoms with Gasteiger partial charge >= 0.3 is 0 Å². The van der Waals surface area contributed by atoms with E-state index in [1.165, 1.54) is 14.2 Å². The van der Waals surface area contributed by atoms with Crippen molar-refractivity contribution in [1.82, 2.24) is 4.90 Å². The lowest BCUT2D eigenvalue weighted by molar-refractivity contribution is -0.136. The van der Waals surface area contributed by atoms with Gasteiger partial charge in [-0.25, -0.2) is 0 Å². The minimum Gasteiger partial charge on any atom is -0.493 e. The summed E-state index contributed by atoms with van der Waals surface area (Å²) in [5, 5.41) is -0.0815. The van der Waals surface area contributed by atoms with Gasteiger partial charge in [0.2, 0.25) is 0 Å². The Morgan fingerprint density at radius 3 is 2.36 bits per heavy atom. The zero-order valence-corrected chi connectivity index (χ0v) is 15.6. The first-order chi connectivity index (χ1) is 11.9. The molecular formula is C18H22ClNO5. The molecule has 0 saturated heterocycles. The summed E-state index contributed by atoms with van der Waals surface area (Å²) in [6.07, 6.45) is 0.660. The van der Waals surface area contributed by atoms with Crippen LogP contribution in [0, 0.1) is 0 Å². The number of nitrogens with zero attached hydrogens (tertiary/aromatic N) is 1. The number of carbonyl (C=O) groups is 2. The number of methoxy groups -OCH3 is 2. The van der Waals surface area contributed by atoms with E-state index in [0.717, 1.165) is 4.90 Å². The van der Waals surface area contributed by atoms with Gasteiger partial charge in [0.1, 0.15) is 5.03 Å². The van der Waals surface area contributed by atoms with Crippen LogP contribution in [0.1, 0.15) is 25.8 Å². The van der Waals surface area contributed by atoms with E-state index < -0.39 is 11.8 Å². The molecule has 0 radical (unpaired) electrons. The number of imide groups is 1. The molecule has 136 valence electrons. The van der Waals surface area contributed by atoms with Gasteiger partial charge in [0, 0.05) is 13.2 Å². The lowest BCUT2D eigenvalue weighted by Gasteiger charge is -2.15. The molecule has 1 aliphatic rings. The molecule has 7 heteroatoms. The van der Waals surface area contributed by atoms with Crippen molar-refractivity contribution < 1.29 is 23.8 Å². The number of hydrogen-bond acceptors (Lipinski definition) is 5. The molecule has 0 unspecified atom stereocenters. The predicted octanol–water partition coefficient (Wildman–Crippen LogP) is 2.84. The highest BCUT2D eigenvalue weighted by molar-refractivity contribution is 6.55. The molecule has 0 aliphatic carbocycles. The minimum atomic E-state index is -0.485. The third kappa shape index (κ3) is 4.14. The number of rotatable bonds is 8. The van der Waals surface area contributed by atoms with Crippen molar-refractivity contribution in [2.45, 2.75) is 26.4 Å². The number of ether oxygens (including phenoxy) is 3. The van der Waals surface area contributed by atoms with E-state index in [9.17, 15) is 9.59 Å². The molecule has 0 spiro atoms. The van der Waals surface area contributed by atoms with E-state index in [0.29, 0.717) is 30.1 Å². The van der Waals surface area contributed by atoms with Crippen molar-refractivity contribution in [3.05, 3.63) is 28.8 Å². The van der Waals surface area contributed by atoms with Crippen LogP contribution in [0.5, 0.6) is 11.5 Å². The van der Waals surface area contributed by atoms with Crippen molar-refractivity contribution in [3.63, 3.8) is 0 Å². The maximum Gasteiger partial charge on any atom is 0.273 e. The molecule has 2 amide bonds. The second-order valence-electron chi connectivity index (χ2n) is 5.79. The molecule has 6 nitrogen and oxygen atoms in total. The van der Waals surface area contributed by atoms with Gasteiger partial charge in [0.15, 0.2) is 11.5 Å². The van der Waals surface area contributed by atoms with Gasteiger partial charge in [-0.2, -0.15) is 0 Å². The Kier molecular flexibility index (Phi) is 6.45. The maximum absolute atomic E-state index is 12.7. The summed E-state index contributed by atoms with van der Waals surface area (Å²) in [5.41, 5.74) is 0.694. The van der Waals surface area contributed by atoms with Crippen molar-refractivity contribution >= 4 is 29.0 Å². The van der Waals surface area contributed by atoms with Crippen molar-refractivity contribution in [2.24, 2.45) is 0 Å². The fourth-order valence-electron chi connectivity index (χ4n) is 2.53. The average Bonchev–Trinajstić information content (AvgIpc) is 2.80. The van der Waals surface area contributed by atoms with E-state index in [2.05, 4.69) is 0 Å².